The van der Waals surface area contributed by atoms with Gasteiger partial charge in [0.25, 0.3) is 0 Å². The highest BCUT2D eigenvalue weighted by atomic mass is 35.5. The second kappa shape index (κ2) is 7.87. The van der Waals surface area contributed by atoms with E-state index in [-0.39, 0.29) is 17.7 Å². The third kappa shape index (κ3) is 3.21. The van der Waals surface area contributed by atoms with Gasteiger partial charge in [-0.25, -0.2) is 4.39 Å². The van der Waals surface area contributed by atoms with Crippen molar-refractivity contribution in [2.45, 2.75) is 24.2 Å². The SMILES string of the molecule is CNC1C=CC(C(N)=O)=C(c2c(Cl)ccc3c2C[C@@](CN)(c2ccccc2)O3)C1F. The summed E-state index contributed by atoms with van der Waals surface area (Å²) < 4.78 is 21.9. The number of benzene rings is 2. The maximum absolute atomic E-state index is 15.6. The maximum atomic E-state index is 15.6. The number of carbonyl (C=O) groups is 1. The van der Waals surface area contributed by atoms with E-state index in [1.807, 2.05) is 30.3 Å². The first-order chi connectivity index (χ1) is 14.4. The van der Waals surface area contributed by atoms with E-state index in [0.717, 1.165) is 11.1 Å². The fraction of sp³-hybridized carbons (Fsp3) is 0.261. The van der Waals surface area contributed by atoms with Crippen molar-refractivity contribution >= 4 is 23.1 Å². The van der Waals surface area contributed by atoms with E-state index >= 15 is 4.39 Å². The molecule has 1 aliphatic heterocycles. The largest absolute Gasteiger partial charge is 0.481 e. The number of hydrogen-bond donors (Lipinski definition) is 3. The van der Waals surface area contributed by atoms with Gasteiger partial charge in [0.2, 0.25) is 5.91 Å². The molecule has 4 rings (SSSR count). The summed E-state index contributed by atoms with van der Waals surface area (Å²) >= 11 is 6.57. The summed E-state index contributed by atoms with van der Waals surface area (Å²) in [6, 6.07) is 12.5. The molecule has 2 aromatic carbocycles. The molecule has 0 spiro atoms. The zero-order valence-electron chi connectivity index (χ0n) is 16.5. The lowest BCUT2D eigenvalue weighted by Gasteiger charge is -2.28. The summed E-state index contributed by atoms with van der Waals surface area (Å²) in [5.74, 6) is -0.137. The van der Waals surface area contributed by atoms with Gasteiger partial charge in [-0.05, 0) is 24.7 Å². The van der Waals surface area contributed by atoms with E-state index in [1.54, 1.807) is 31.3 Å². The van der Waals surface area contributed by atoms with Crippen LogP contribution >= 0.6 is 11.6 Å². The minimum Gasteiger partial charge on any atom is -0.481 e. The molecule has 0 saturated heterocycles. The lowest BCUT2D eigenvalue weighted by molar-refractivity contribution is -0.114. The zero-order chi connectivity index (χ0) is 21.5. The van der Waals surface area contributed by atoms with E-state index in [2.05, 4.69) is 5.32 Å². The Hall–Kier alpha value is -2.67. The van der Waals surface area contributed by atoms with Crippen molar-refractivity contribution in [3.05, 3.63) is 81.9 Å². The van der Waals surface area contributed by atoms with E-state index in [9.17, 15) is 4.79 Å². The summed E-state index contributed by atoms with van der Waals surface area (Å²) in [7, 11) is 1.66. The number of carbonyl (C=O) groups excluding carboxylic acids is 1. The molecule has 156 valence electrons. The molecule has 1 aliphatic carbocycles. The third-order valence-corrected chi connectivity index (χ3v) is 6.15. The molecule has 5 nitrogen and oxygen atoms in total. The highest BCUT2D eigenvalue weighted by Gasteiger charge is 2.43. The van der Waals surface area contributed by atoms with E-state index in [0.29, 0.717) is 22.8 Å². The number of fused-ring (bicyclic) bond motifs is 1. The molecule has 30 heavy (non-hydrogen) atoms. The minimum atomic E-state index is -1.50. The Bertz CT molecular complexity index is 1050. The third-order valence-electron chi connectivity index (χ3n) is 5.84. The van der Waals surface area contributed by atoms with Gasteiger partial charge >= 0.3 is 0 Å². The van der Waals surface area contributed by atoms with Gasteiger partial charge in [0, 0.05) is 40.3 Å². The number of hydrogen-bond acceptors (Lipinski definition) is 4. The van der Waals surface area contributed by atoms with Crippen LogP contribution in [0.2, 0.25) is 5.02 Å². The average molecular weight is 428 g/mol. The first-order valence-electron chi connectivity index (χ1n) is 9.71. The van der Waals surface area contributed by atoms with Gasteiger partial charge in [-0.3, -0.25) is 4.79 Å². The number of likely N-dealkylation sites (N-methyl/N-ethyl adjacent to an activating group) is 1. The van der Waals surface area contributed by atoms with Crippen LogP contribution in [0.15, 0.2) is 60.2 Å². The predicted octanol–water partition coefficient (Wildman–Crippen LogP) is 2.86. The van der Waals surface area contributed by atoms with E-state index in [1.165, 1.54) is 0 Å². The van der Waals surface area contributed by atoms with Crippen molar-refractivity contribution in [3.8, 4) is 5.75 Å². The van der Waals surface area contributed by atoms with Crippen LogP contribution in [0.3, 0.4) is 0 Å². The molecule has 2 aliphatic rings. The van der Waals surface area contributed by atoms with Crippen LogP contribution in [0.25, 0.3) is 5.57 Å². The molecule has 0 saturated carbocycles. The lowest BCUT2D eigenvalue weighted by atomic mass is 9.82. The summed E-state index contributed by atoms with van der Waals surface area (Å²) in [5, 5.41) is 3.24. The molecule has 5 N–H and O–H groups in total. The van der Waals surface area contributed by atoms with Crippen molar-refractivity contribution in [1.82, 2.24) is 5.32 Å². The Labute approximate surface area is 179 Å². The van der Waals surface area contributed by atoms with Gasteiger partial charge in [-0.2, -0.15) is 0 Å². The van der Waals surface area contributed by atoms with Crippen LogP contribution in [-0.4, -0.2) is 31.7 Å². The molecule has 0 aromatic heterocycles. The monoisotopic (exact) mass is 427 g/mol. The van der Waals surface area contributed by atoms with Crippen molar-refractivity contribution in [2.75, 3.05) is 13.6 Å². The van der Waals surface area contributed by atoms with Crippen molar-refractivity contribution < 1.29 is 13.9 Å². The van der Waals surface area contributed by atoms with Crippen LogP contribution in [0.4, 0.5) is 4.39 Å². The molecule has 1 amide bonds. The van der Waals surface area contributed by atoms with Gasteiger partial charge in [0.1, 0.15) is 11.9 Å². The van der Waals surface area contributed by atoms with Crippen LogP contribution in [0, 0.1) is 0 Å². The Morgan fingerprint density at radius 3 is 2.67 bits per heavy atom. The molecule has 0 radical (unpaired) electrons. The molecule has 2 aromatic rings. The van der Waals surface area contributed by atoms with Crippen LogP contribution < -0.4 is 21.5 Å². The van der Waals surface area contributed by atoms with Crippen molar-refractivity contribution in [3.63, 3.8) is 0 Å². The molecular formula is C23H23ClFN3O2. The highest BCUT2D eigenvalue weighted by molar-refractivity contribution is 6.33. The standard InChI is InChI=1S/C23H23ClFN3O2/c1-28-17-9-7-14(22(27)29)20(21(17)25)19-15-11-23(12-26,13-5-3-2-4-6-13)30-18(15)10-8-16(19)24/h2-10,17,21,28H,11-12,26H2,1H3,(H2,27,29)/t17?,21?,23-/m1/s1. The zero-order valence-corrected chi connectivity index (χ0v) is 17.2. The number of halogens is 2. The first kappa shape index (κ1) is 20.6. The number of nitrogens with one attached hydrogen (secondary N) is 1. The molecule has 7 heteroatoms. The topological polar surface area (TPSA) is 90.4 Å². The van der Waals surface area contributed by atoms with Gasteiger partial charge in [-0.15, -0.1) is 0 Å². The summed E-state index contributed by atoms with van der Waals surface area (Å²) in [6.07, 6.45) is 2.04. The molecule has 0 bridgehead atoms. The predicted molar refractivity (Wildman–Crippen MR) is 116 cm³/mol. The smallest absolute Gasteiger partial charge is 0.249 e. The van der Waals surface area contributed by atoms with Crippen LogP contribution in [0.1, 0.15) is 16.7 Å². The number of ether oxygens (including phenoxy) is 1. The molecule has 2 unspecified atom stereocenters. The lowest BCUT2D eigenvalue weighted by Crippen LogP contribution is -2.39. The Morgan fingerprint density at radius 2 is 2.03 bits per heavy atom. The fourth-order valence-electron chi connectivity index (χ4n) is 4.27. The van der Waals surface area contributed by atoms with Crippen molar-refractivity contribution in [2.24, 2.45) is 11.5 Å². The first-order valence-corrected chi connectivity index (χ1v) is 10.1. The Kier molecular flexibility index (Phi) is 5.40. The van der Waals surface area contributed by atoms with Gasteiger partial charge in [-0.1, -0.05) is 54.1 Å². The quantitative estimate of drug-likeness (QED) is 0.684. The summed E-state index contributed by atoms with van der Waals surface area (Å²) in [6.45, 7) is 0.225. The second-order valence-corrected chi connectivity index (χ2v) is 7.92. The maximum Gasteiger partial charge on any atom is 0.249 e. The van der Waals surface area contributed by atoms with E-state index in [4.69, 9.17) is 27.8 Å². The number of nitrogens with two attached hydrogens (primary N) is 2. The van der Waals surface area contributed by atoms with Crippen LogP contribution in [-0.2, 0) is 16.8 Å². The highest BCUT2D eigenvalue weighted by Crippen LogP contribution is 2.48. The van der Waals surface area contributed by atoms with Gasteiger partial charge in [0.05, 0.1) is 6.04 Å². The van der Waals surface area contributed by atoms with Crippen molar-refractivity contribution in [1.29, 1.82) is 0 Å². The molecular weight excluding hydrogens is 405 g/mol. The Morgan fingerprint density at radius 1 is 1.30 bits per heavy atom. The number of rotatable bonds is 5. The summed E-state index contributed by atoms with van der Waals surface area (Å²) in [4.78, 5) is 12.1. The summed E-state index contributed by atoms with van der Waals surface area (Å²) in [5.41, 5.74) is 13.3. The second-order valence-electron chi connectivity index (χ2n) is 7.51. The molecule has 3 atom stereocenters. The molecule has 0 fully saturated rings. The molecule has 1 heterocycles. The fourth-order valence-corrected chi connectivity index (χ4v) is 4.55. The minimum absolute atomic E-state index is 0.106. The van der Waals surface area contributed by atoms with Gasteiger partial charge in [0.15, 0.2) is 5.60 Å². The number of primary amides is 1. The van der Waals surface area contributed by atoms with Gasteiger partial charge < -0.3 is 21.5 Å². The average Bonchev–Trinajstić information content (AvgIpc) is 3.15. The number of alkyl halides is 1. The van der Waals surface area contributed by atoms with Crippen LogP contribution in [0.5, 0.6) is 5.75 Å². The Balaban J connectivity index is 1.91. The number of amides is 1. The van der Waals surface area contributed by atoms with E-state index < -0.39 is 23.7 Å². The normalized spacial score (nSPS) is 25.2.